The lowest BCUT2D eigenvalue weighted by atomic mass is 10.00. The summed E-state index contributed by atoms with van der Waals surface area (Å²) in [5.41, 5.74) is 4.01. The first kappa shape index (κ1) is 53.3. The highest BCUT2D eigenvalue weighted by atomic mass is 32.1. The van der Waals surface area contributed by atoms with Crippen molar-refractivity contribution in [3.63, 3.8) is 0 Å². The molecule has 0 bridgehead atoms. The van der Waals surface area contributed by atoms with E-state index in [1.54, 1.807) is 12.2 Å². The first-order valence-corrected chi connectivity index (χ1v) is 24.4. The van der Waals surface area contributed by atoms with Crippen molar-refractivity contribution in [2.24, 2.45) is 0 Å². The number of carbonyl (C=O) groups excluding carboxylic acids is 4. The Kier molecular flexibility index (Phi) is 21.1. The number of thiocarbonyl (C=S) groups is 2. The van der Waals surface area contributed by atoms with Gasteiger partial charge in [-0.3, -0.25) is 38.8 Å². The SMILES string of the molecule is CCN1C(=O)C(=C/C=C(\[C]2[CH][CH][CH][CH]2)N(CCOCCOCCOCCN(Cc2ccccc2)/C(=C/C=C2C(=O)N(CC)C(=S)N(CC)C2=O)[C]2[CH][CH][CH][CH]2)Cc2ccccc2)C(=O)N(CC)C1=S. The van der Waals surface area contributed by atoms with Crippen molar-refractivity contribution >= 4 is 58.3 Å². The first-order chi connectivity index (χ1) is 33.6. The van der Waals surface area contributed by atoms with Gasteiger partial charge in [0.15, 0.2) is 10.2 Å². The second kappa shape index (κ2) is 27.4. The molecule has 13 nitrogen and oxygen atoms in total. The average Bonchev–Trinajstić information content (AvgIpc) is 4.10. The second-order valence-electron chi connectivity index (χ2n) is 16.0. The Morgan fingerprint density at radius 3 is 1.09 bits per heavy atom. The average molecular weight is 971 g/mol. The van der Waals surface area contributed by atoms with Crippen molar-refractivity contribution in [3.05, 3.63) is 182 Å². The van der Waals surface area contributed by atoms with Crippen molar-refractivity contribution in [1.29, 1.82) is 0 Å². The minimum absolute atomic E-state index is 0.0660. The molecule has 2 aromatic rings. The molecule has 362 valence electrons. The maximum absolute atomic E-state index is 13.5. The van der Waals surface area contributed by atoms with Gasteiger partial charge in [0.25, 0.3) is 23.6 Å². The summed E-state index contributed by atoms with van der Waals surface area (Å²) in [4.78, 5) is 64.0. The zero-order chi connectivity index (χ0) is 49.1. The molecule has 0 aromatic heterocycles. The molecule has 0 N–H and O–H groups in total. The van der Waals surface area contributed by atoms with Gasteiger partial charge in [0.1, 0.15) is 11.1 Å². The van der Waals surface area contributed by atoms with Crippen molar-refractivity contribution < 1.29 is 33.4 Å². The monoisotopic (exact) mass is 970 g/mol. The number of benzene rings is 2. The molecule has 15 heteroatoms. The molecule has 2 aliphatic heterocycles. The Balaban J connectivity index is 1.04. The van der Waals surface area contributed by atoms with Crippen LogP contribution in [0, 0.1) is 63.2 Å². The van der Waals surface area contributed by atoms with Gasteiger partial charge in [-0.15, -0.1) is 0 Å². The summed E-state index contributed by atoms with van der Waals surface area (Å²) in [5.74, 6) is 0.280. The molecule has 2 heterocycles. The lowest BCUT2D eigenvalue weighted by Crippen LogP contribution is -2.55. The third-order valence-electron chi connectivity index (χ3n) is 11.7. The molecule has 4 fully saturated rings. The molecule has 4 aliphatic rings. The van der Waals surface area contributed by atoms with E-state index in [0.29, 0.717) is 92.0 Å². The summed E-state index contributed by atoms with van der Waals surface area (Å²) in [6.07, 6.45) is 22.8. The largest absolute Gasteiger partial charge is 0.377 e. The molecular formula is C54H62N6O7S2. The van der Waals surface area contributed by atoms with Gasteiger partial charge >= 0.3 is 0 Å². The van der Waals surface area contributed by atoms with E-state index >= 15 is 0 Å². The van der Waals surface area contributed by atoms with E-state index < -0.39 is 23.6 Å². The predicted molar refractivity (Wildman–Crippen MR) is 274 cm³/mol. The van der Waals surface area contributed by atoms with Gasteiger partial charge in [0, 0.05) is 75.6 Å². The fourth-order valence-corrected chi connectivity index (χ4v) is 8.90. The zero-order valence-electron chi connectivity index (χ0n) is 40.0. The Hall–Kier alpha value is -5.06. The number of hydrogen-bond acceptors (Lipinski definition) is 11. The molecule has 2 aliphatic carbocycles. The molecule has 0 spiro atoms. The van der Waals surface area contributed by atoms with Crippen LogP contribution >= 0.6 is 24.4 Å². The van der Waals surface area contributed by atoms with Crippen molar-refractivity contribution in [2.75, 3.05) is 78.9 Å². The van der Waals surface area contributed by atoms with Crippen LogP contribution in [0.15, 0.2) is 108 Å². The quantitative estimate of drug-likeness (QED) is 0.0448. The van der Waals surface area contributed by atoms with Gasteiger partial charge < -0.3 is 24.0 Å². The molecular weight excluding hydrogens is 909 g/mol. The van der Waals surface area contributed by atoms with Gasteiger partial charge in [-0.05, 0) is 139 Å². The van der Waals surface area contributed by atoms with Crippen molar-refractivity contribution in [3.8, 4) is 0 Å². The van der Waals surface area contributed by atoms with Crippen LogP contribution in [-0.4, -0.2) is 142 Å². The molecule has 69 heavy (non-hydrogen) atoms. The number of rotatable bonds is 26. The Bertz CT molecular complexity index is 1990. The number of hydrogen-bond donors (Lipinski definition) is 0. The van der Waals surface area contributed by atoms with E-state index in [2.05, 4.69) is 34.1 Å². The minimum atomic E-state index is -0.403. The summed E-state index contributed by atoms with van der Waals surface area (Å²) >= 11 is 10.9. The maximum atomic E-state index is 13.5. The summed E-state index contributed by atoms with van der Waals surface area (Å²) < 4.78 is 18.1. The molecule has 2 saturated carbocycles. The van der Waals surface area contributed by atoms with E-state index in [1.165, 1.54) is 19.6 Å². The number of allylic oxidation sites excluding steroid dienone is 6. The highest BCUT2D eigenvalue weighted by molar-refractivity contribution is 7.80. The summed E-state index contributed by atoms with van der Waals surface area (Å²) in [7, 11) is 0. The summed E-state index contributed by atoms with van der Waals surface area (Å²) in [5, 5.41) is 0.453. The first-order valence-electron chi connectivity index (χ1n) is 23.6. The van der Waals surface area contributed by atoms with Crippen LogP contribution in [0.2, 0.25) is 0 Å². The lowest BCUT2D eigenvalue weighted by Gasteiger charge is -2.35. The normalized spacial score (nSPS) is 17.9. The van der Waals surface area contributed by atoms with E-state index in [0.717, 1.165) is 34.4 Å². The molecule has 0 unspecified atom stereocenters. The van der Waals surface area contributed by atoms with Crippen molar-refractivity contribution in [2.45, 2.75) is 40.8 Å². The molecule has 0 atom stereocenters. The Morgan fingerprint density at radius 2 is 0.783 bits per heavy atom. The predicted octanol–water partition coefficient (Wildman–Crippen LogP) is 6.46. The van der Waals surface area contributed by atoms with Crippen LogP contribution in [-0.2, 0) is 46.5 Å². The number of carbonyl (C=O) groups is 4. The molecule has 6 rings (SSSR count). The number of likely N-dealkylation sites (N-methyl/N-ethyl adjacent to an activating group) is 4. The maximum Gasteiger partial charge on any atom is 0.265 e. The fraction of sp³-hybridized carbons (Fsp3) is 0.333. The minimum Gasteiger partial charge on any atom is -0.377 e. The summed E-state index contributed by atoms with van der Waals surface area (Å²) in [6, 6.07) is 20.2. The van der Waals surface area contributed by atoms with Gasteiger partial charge in [-0.2, -0.15) is 0 Å². The second-order valence-corrected chi connectivity index (χ2v) is 16.8. The number of amides is 4. The van der Waals surface area contributed by atoms with Crippen LogP contribution in [0.3, 0.4) is 0 Å². The highest BCUT2D eigenvalue weighted by Crippen LogP contribution is 2.35. The van der Waals surface area contributed by atoms with Crippen LogP contribution in [0.25, 0.3) is 0 Å². The van der Waals surface area contributed by atoms with Gasteiger partial charge in [-0.1, -0.05) is 60.7 Å². The molecule has 10 radical (unpaired) electrons. The van der Waals surface area contributed by atoms with E-state index in [4.69, 9.17) is 38.6 Å². The van der Waals surface area contributed by atoms with Crippen LogP contribution < -0.4 is 0 Å². The third-order valence-corrected chi connectivity index (χ3v) is 12.6. The number of nitrogens with zero attached hydrogens (tertiary/aromatic N) is 6. The molecule has 2 aromatic carbocycles. The van der Waals surface area contributed by atoms with Crippen LogP contribution in [0.1, 0.15) is 38.8 Å². The summed E-state index contributed by atoms with van der Waals surface area (Å²) in [6.45, 7) is 13.3. The third kappa shape index (κ3) is 14.1. The van der Waals surface area contributed by atoms with E-state index in [-0.39, 0.29) is 21.4 Å². The van der Waals surface area contributed by atoms with Crippen LogP contribution in [0.5, 0.6) is 0 Å². The van der Waals surface area contributed by atoms with Crippen LogP contribution in [0.4, 0.5) is 0 Å². The van der Waals surface area contributed by atoms with E-state index in [9.17, 15) is 19.2 Å². The lowest BCUT2D eigenvalue weighted by molar-refractivity contribution is -0.135. The van der Waals surface area contributed by atoms with Gasteiger partial charge in [0.2, 0.25) is 0 Å². The van der Waals surface area contributed by atoms with Gasteiger partial charge in [-0.25, -0.2) is 0 Å². The standard InChI is InChI=1S/C54H62N6O7S2/c1-5-57-49(61)45(50(62)58(6-2)53(57)68)27-29-47(43-23-15-16-24-43)55(39-41-19-11-9-12-20-41)31-33-65-35-37-67-38-36-66-34-32-56(40-42-21-13-10-14-22-42)48(44-25-17-18-26-44)30-28-46-51(63)59(7-3)54(69)60(8-4)52(46)64/h9-30H,5-8,31-40H2,1-4H3/b47-29+,48-30+. The Morgan fingerprint density at radius 1 is 0.478 bits per heavy atom. The van der Waals surface area contributed by atoms with Gasteiger partial charge in [0.05, 0.1) is 39.6 Å². The fourth-order valence-electron chi connectivity index (χ4n) is 8.05. The topological polar surface area (TPSA) is 115 Å². The smallest absolute Gasteiger partial charge is 0.265 e. The molecule has 2 saturated heterocycles. The molecule has 4 amide bonds. The zero-order valence-corrected chi connectivity index (χ0v) is 41.6. The van der Waals surface area contributed by atoms with Crippen molar-refractivity contribution in [1.82, 2.24) is 29.4 Å². The Labute approximate surface area is 420 Å². The highest BCUT2D eigenvalue weighted by Gasteiger charge is 2.39. The number of ether oxygens (including phenoxy) is 3. The van der Waals surface area contributed by atoms with E-state index in [1.807, 2.05) is 128 Å².